The van der Waals surface area contributed by atoms with Crippen molar-refractivity contribution in [1.29, 1.82) is 0 Å². The van der Waals surface area contributed by atoms with Gasteiger partial charge in [0.15, 0.2) is 0 Å². The van der Waals surface area contributed by atoms with Gasteiger partial charge in [-0.3, -0.25) is 4.68 Å². The Balaban J connectivity index is 1.54. The third-order valence-electron chi connectivity index (χ3n) is 3.69. The summed E-state index contributed by atoms with van der Waals surface area (Å²) in [5.41, 5.74) is 2.32. The summed E-state index contributed by atoms with van der Waals surface area (Å²) in [4.78, 5) is 3.37. The number of benzene rings is 2. The van der Waals surface area contributed by atoms with E-state index >= 15 is 0 Å². The van der Waals surface area contributed by atoms with Gasteiger partial charge in [-0.15, -0.1) is 0 Å². The van der Waals surface area contributed by atoms with Gasteiger partial charge in [0.25, 0.3) is 0 Å². The summed E-state index contributed by atoms with van der Waals surface area (Å²) in [6, 6.07) is 14.7. The van der Waals surface area contributed by atoms with E-state index in [1.165, 1.54) is 0 Å². The summed E-state index contributed by atoms with van der Waals surface area (Å²) >= 11 is 0. The minimum Gasteiger partial charge on any atom is -0.329 e. The zero-order chi connectivity index (χ0) is 17.4. The van der Waals surface area contributed by atoms with Crippen molar-refractivity contribution in [3.8, 4) is 11.4 Å². The van der Waals surface area contributed by atoms with Crippen molar-refractivity contribution in [3.63, 3.8) is 0 Å². The summed E-state index contributed by atoms with van der Waals surface area (Å²) in [5, 5.41) is 8.89. The first-order valence-electron chi connectivity index (χ1n) is 7.41. The van der Waals surface area contributed by atoms with E-state index < -0.39 is 12.1 Å². The maximum atomic E-state index is 12.5. The second-order valence-corrected chi connectivity index (χ2v) is 5.50. The molecule has 0 spiro atoms. The molecule has 0 fully saturated rings. The smallest absolute Gasteiger partial charge is 0.329 e. The van der Waals surface area contributed by atoms with Gasteiger partial charge in [0.05, 0.1) is 12.1 Å². The van der Waals surface area contributed by atoms with Crippen LogP contribution >= 0.6 is 0 Å². The van der Waals surface area contributed by atoms with Crippen LogP contribution < -0.4 is 0 Å². The molecule has 2 aromatic carbocycles. The van der Waals surface area contributed by atoms with Crippen molar-refractivity contribution in [3.05, 3.63) is 66.2 Å². The Morgan fingerprint density at radius 2 is 1.76 bits per heavy atom. The van der Waals surface area contributed by atoms with E-state index in [4.69, 9.17) is 0 Å². The molecule has 126 valence electrons. The van der Waals surface area contributed by atoms with Crippen molar-refractivity contribution in [2.24, 2.45) is 0 Å². The van der Waals surface area contributed by atoms with Gasteiger partial charge >= 0.3 is 12.1 Å². The van der Waals surface area contributed by atoms with Crippen molar-refractivity contribution >= 4 is 10.9 Å². The van der Waals surface area contributed by atoms with E-state index in [0.29, 0.717) is 12.1 Å². The van der Waals surface area contributed by atoms with Gasteiger partial charge < -0.3 is 4.52 Å². The lowest BCUT2D eigenvalue weighted by atomic mass is 10.1. The SMILES string of the molecule is FC(F)(F)c1nc(-c2ccc(Cn3cc4ccccc4n3)cc2)no1. The topological polar surface area (TPSA) is 56.7 Å². The molecule has 0 bridgehead atoms. The fourth-order valence-corrected chi connectivity index (χ4v) is 2.50. The molecule has 4 aromatic rings. The zero-order valence-corrected chi connectivity index (χ0v) is 12.7. The molecule has 5 nitrogen and oxygen atoms in total. The molecule has 2 heterocycles. The lowest BCUT2D eigenvalue weighted by Gasteiger charge is -2.02. The maximum absolute atomic E-state index is 12.5. The lowest BCUT2D eigenvalue weighted by Crippen LogP contribution is -2.04. The van der Waals surface area contributed by atoms with Gasteiger partial charge in [-0.2, -0.15) is 23.3 Å². The van der Waals surface area contributed by atoms with Gasteiger partial charge in [-0.05, 0) is 11.6 Å². The predicted octanol–water partition coefficient (Wildman–Crippen LogP) is 4.15. The summed E-state index contributed by atoms with van der Waals surface area (Å²) in [6.07, 6.45) is -2.70. The second kappa shape index (κ2) is 5.73. The molecule has 0 aliphatic heterocycles. The molecule has 8 heteroatoms. The van der Waals surface area contributed by atoms with E-state index in [1.54, 1.807) is 24.3 Å². The molecule has 4 rings (SSSR count). The van der Waals surface area contributed by atoms with Crippen LogP contribution in [0.1, 0.15) is 11.5 Å². The number of halogens is 3. The summed E-state index contributed by atoms with van der Waals surface area (Å²) in [6.45, 7) is 0.551. The van der Waals surface area contributed by atoms with Crippen LogP contribution in [-0.4, -0.2) is 19.9 Å². The van der Waals surface area contributed by atoms with Crippen LogP contribution in [0.4, 0.5) is 13.2 Å². The zero-order valence-electron chi connectivity index (χ0n) is 12.7. The molecule has 2 aromatic heterocycles. The van der Waals surface area contributed by atoms with E-state index in [2.05, 4.69) is 19.8 Å². The number of fused-ring (bicyclic) bond motifs is 1. The van der Waals surface area contributed by atoms with Crippen molar-refractivity contribution in [2.45, 2.75) is 12.7 Å². The molecule has 0 N–H and O–H groups in total. The molecule has 0 aliphatic rings. The number of aromatic nitrogens is 4. The van der Waals surface area contributed by atoms with Crippen molar-refractivity contribution in [1.82, 2.24) is 19.9 Å². The van der Waals surface area contributed by atoms with Gasteiger partial charge in [-0.25, -0.2) is 0 Å². The van der Waals surface area contributed by atoms with E-state index in [9.17, 15) is 13.2 Å². The van der Waals surface area contributed by atoms with Gasteiger partial charge in [0.2, 0.25) is 5.82 Å². The fourth-order valence-electron chi connectivity index (χ4n) is 2.50. The van der Waals surface area contributed by atoms with Crippen molar-refractivity contribution in [2.75, 3.05) is 0 Å². The monoisotopic (exact) mass is 344 g/mol. The number of alkyl halides is 3. The Morgan fingerprint density at radius 3 is 2.44 bits per heavy atom. The summed E-state index contributed by atoms with van der Waals surface area (Å²) in [7, 11) is 0. The second-order valence-electron chi connectivity index (χ2n) is 5.50. The molecule has 0 saturated carbocycles. The maximum Gasteiger partial charge on any atom is 0.471 e. The van der Waals surface area contributed by atoms with E-state index in [0.717, 1.165) is 16.5 Å². The Bertz CT molecular complexity index is 985. The number of rotatable bonds is 3. The van der Waals surface area contributed by atoms with Crippen LogP contribution in [0.2, 0.25) is 0 Å². The molecular weight excluding hydrogens is 333 g/mol. The first-order valence-corrected chi connectivity index (χ1v) is 7.41. The molecule has 0 atom stereocenters. The molecule has 0 amide bonds. The van der Waals surface area contributed by atoms with Gasteiger partial charge in [0, 0.05) is 17.1 Å². The quantitative estimate of drug-likeness (QED) is 0.560. The predicted molar refractivity (Wildman–Crippen MR) is 83.6 cm³/mol. The first kappa shape index (κ1) is 15.4. The Morgan fingerprint density at radius 1 is 1.00 bits per heavy atom. The lowest BCUT2D eigenvalue weighted by molar-refractivity contribution is -0.159. The van der Waals surface area contributed by atoms with Crippen LogP contribution in [0.25, 0.3) is 22.3 Å². The van der Waals surface area contributed by atoms with Crippen LogP contribution in [-0.2, 0) is 12.7 Å². The minimum atomic E-state index is -4.65. The third kappa shape index (κ3) is 3.10. The number of nitrogens with zero attached hydrogens (tertiary/aromatic N) is 4. The van der Waals surface area contributed by atoms with Crippen LogP contribution in [0.15, 0.2) is 59.3 Å². The number of hydrogen-bond acceptors (Lipinski definition) is 4. The van der Waals surface area contributed by atoms with Crippen molar-refractivity contribution < 1.29 is 17.7 Å². The van der Waals surface area contributed by atoms with Crippen LogP contribution in [0, 0.1) is 0 Å². The van der Waals surface area contributed by atoms with E-state index in [1.807, 2.05) is 35.1 Å². The van der Waals surface area contributed by atoms with Crippen LogP contribution in [0.3, 0.4) is 0 Å². The molecule has 25 heavy (non-hydrogen) atoms. The average Bonchev–Trinajstić information content (AvgIpc) is 3.21. The Hall–Kier alpha value is -3.16. The number of hydrogen-bond donors (Lipinski definition) is 0. The average molecular weight is 344 g/mol. The van der Waals surface area contributed by atoms with Crippen LogP contribution in [0.5, 0.6) is 0 Å². The highest BCUT2D eigenvalue weighted by molar-refractivity contribution is 5.77. The highest BCUT2D eigenvalue weighted by Gasteiger charge is 2.38. The molecule has 0 aliphatic carbocycles. The Kier molecular flexibility index (Phi) is 3.52. The molecular formula is C17H11F3N4O. The summed E-state index contributed by atoms with van der Waals surface area (Å²) in [5.74, 6) is -1.45. The minimum absolute atomic E-state index is 0.0938. The normalized spacial score (nSPS) is 12.0. The fraction of sp³-hybridized carbons (Fsp3) is 0.118. The third-order valence-corrected chi connectivity index (χ3v) is 3.69. The molecule has 0 radical (unpaired) electrons. The highest BCUT2D eigenvalue weighted by atomic mass is 19.4. The van der Waals surface area contributed by atoms with Gasteiger partial charge in [0.1, 0.15) is 0 Å². The first-order chi connectivity index (χ1) is 12.0. The van der Waals surface area contributed by atoms with E-state index in [-0.39, 0.29) is 5.82 Å². The standard InChI is InChI=1S/C17H11F3N4O/c18-17(19,20)16-21-15(23-25-16)12-7-5-11(6-8-12)9-24-10-13-3-1-2-4-14(13)22-24/h1-8,10H,9H2. The Labute approximate surface area is 139 Å². The largest absolute Gasteiger partial charge is 0.471 e. The highest BCUT2D eigenvalue weighted by Crippen LogP contribution is 2.29. The molecule has 0 unspecified atom stereocenters. The van der Waals surface area contributed by atoms with Gasteiger partial charge in [-0.1, -0.05) is 47.6 Å². The summed E-state index contributed by atoms with van der Waals surface area (Å²) < 4.78 is 43.6. The molecule has 0 saturated heterocycles.